The summed E-state index contributed by atoms with van der Waals surface area (Å²) in [5.74, 6) is 0.461. The molecule has 180 valence electrons. The van der Waals surface area contributed by atoms with Crippen LogP contribution < -0.4 is 10.6 Å². The Morgan fingerprint density at radius 3 is 2.63 bits per heavy atom. The maximum absolute atomic E-state index is 12.1. The Morgan fingerprint density at radius 2 is 1.89 bits per heavy atom. The van der Waals surface area contributed by atoms with Crippen molar-refractivity contribution in [3.63, 3.8) is 0 Å². The van der Waals surface area contributed by atoms with Crippen LogP contribution >= 0.6 is 0 Å². The van der Waals surface area contributed by atoms with Crippen molar-refractivity contribution in [2.75, 3.05) is 12.4 Å². The van der Waals surface area contributed by atoms with Gasteiger partial charge in [0.15, 0.2) is 35.1 Å². The second-order valence-corrected chi connectivity index (χ2v) is 8.47. The fourth-order valence-corrected chi connectivity index (χ4v) is 4.17. The topological polar surface area (TPSA) is 134 Å². The van der Waals surface area contributed by atoms with E-state index >= 15 is 0 Å². The molecule has 10 heteroatoms. The normalized spacial score (nSPS) is 21.8. The molecule has 4 aromatic rings. The molecule has 35 heavy (non-hydrogen) atoms. The number of anilines is 1. The summed E-state index contributed by atoms with van der Waals surface area (Å²) in [5.41, 5.74) is 3.83. The number of carbonyl (C=O) groups is 1. The Balaban J connectivity index is 1.58. The van der Waals surface area contributed by atoms with Gasteiger partial charge in [0, 0.05) is 19.2 Å². The second-order valence-electron chi connectivity index (χ2n) is 8.47. The Kier molecular flexibility index (Phi) is 6.16. The minimum Gasteiger partial charge on any atom is -0.387 e. The standard InChI is InChI=1S/C25H26N6O4/c1-14-7-6-10-16(11-14)21-29-22(27-12-15-8-4-3-5-9-15)17-23(30-21)31(13-28-17)25-19(33)18(32)20(35-25)24(34)26-2/h3-11,13,18-20,25,32-33H,12H2,1-2H3,(H,26,34)(H,27,29,30). The van der Waals surface area contributed by atoms with Gasteiger partial charge >= 0.3 is 0 Å². The Morgan fingerprint density at radius 1 is 1.09 bits per heavy atom. The van der Waals surface area contributed by atoms with E-state index in [1.807, 2.05) is 61.5 Å². The summed E-state index contributed by atoms with van der Waals surface area (Å²) in [4.78, 5) is 26.1. The number of ether oxygens (including phenoxy) is 1. The first-order valence-corrected chi connectivity index (χ1v) is 11.3. The van der Waals surface area contributed by atoms with Crippen molar-refractivity contribution in [2.45, 2.75) is 38.0 Å². The lowest BCUT2D eigenvalue weighted by Crippen LogP contribution is -2.41. The van der Waals surface area contributed by atoms with Crippen molar-refractivity contribution in [1.82, 2.24) is 24.8 Å². The predicted octanol–water partition coefficient (Wildman–Crippen LogP) is 1.78. The molecular weight excluding hydrogens is 448 g/mol. The van der Waals surface area contributed by atoms with Crippen LogP contribution in [0.3, 0.4) is 0 Å². The van der Waals surface area contributed by atoms with Crippen LogP contribution in [-0.4, -0.2) is 61.0 Å². The molecule has 0 radical (unpaired) electrons. The number of rotatable bonds is 6. The summed E-state index contributed by atoms with van der Waals surface area (Å²) >= 11 is 0. The number of aliphatic hydroxyl groups is 2. The molecule has 4 N–H and O–H groups in total. The van der Waals surface area contributed by atoms with Gasteiger partial charge in [-0.15, -0.1) is 0 Å². The maximum Gasteiger partial charge on any atom is 0.251 e. The van der Waals surface area contributed by atoms with Crippen LogP contribution in [0, 0.1) is 6.92 Å². The SMILES string of the molecule is CNC(=O)C1OC(n2cnc3c(NCc4ccccc4)nc(-c4cccc(C)c4)nc32)C(O)C1O. The molecule has 1 amide bonds. The number of fused-ring (bicyclic) bond motifs is 1. The molecule has 1 fully saturated rings. The fraction of sp³-hybridized carbons (Fsp3) is 0.280. The van der Waals surface area contributed by atoms with Crippen molar-refractivity contribution >= 4 is 22.9 Å². The molecule has 3 heterocycles. The summed E-state index contributed by atoms with van der Waals surface area (Å²) < 4.78 is 7.28. The van der Waals surface area contributed by atoms with E-state index in [4.69, 9.17) is 14.7 Å². The van der Waals surface area contributed by atoms with E-state index in [2.05, 4.69) is 15.6 Å². The highest BCUT2D eigenvalue weighted by molar-refractivity contribution is 5.85. The van der Waals surface area contributed by atoms with E-state index in [-0.39, 0.29) is 0 Å². The van der Waals surface area contributed by atoms with Crippen LogP contribution in [0.5, 0.6) is 0 Å². The van der Waals surface area contributed by atoms with Gasteiger partial charge in [0.1, 0.15) is 12.2 Å². The first kappa shape index (κ1) is 22.9. The van der Waals surface area contributed by atoms with Crippen LogP contribution in [0.4, 0.5) is 5.82 Å². The number of imidazole rings is 1. The van der Waals surface area contributed by atoms with Gasteiger partial charge in [0.25, 0.3) is 5.91 Å². The van der Waals surface area contributed by atoms with E-state index in [1.54, 1.807) is 0 Å². The monoisotopic (exact) mass is 474 g/mol. The smallest absolute Gasteiger partial charge is 0.251 e. The van der Waals surface area contributed by atoms with Gasteiger partial charge in [-0.2, -0.15) is 0 Å². The lowest BCUT2D eigenvalue weighted by molar-refractivity contribution is -0.137. The van der Waals surface area contributed by atoms with E-state index in [0.29, 0.717) is 29.4 Å². The van der Waals surface area contributed by atoms with Crippen LogP contribution in [0.2, 0.25) is 0 Å². The molecule has 4 unspecified atom stereocenters. The van der Waals surface area contributed by atoms with Gasteiger partial charge in [0.05, 0.1) is 6.33 Å². The van der Waals surface area contributed by atoms with Crippen molar-refractivity contribution < 1.29 is 19.7 Å². The number of benzene rings is 2. The molecular formula is C25H26N6O4. The third kappa shape index (κ3) is 4.34. The molecule has 0 spiro atoms. The Labute approximate surface area is 201 Å². The fourth-order valence-electron chi connectivity index (χ4n) is 4.17. The molecule has 0 saturated carbocycles. The molecule has 1 aliphatic heterocycles. The van der Waals surface area contributed by atoms with Crippen molar-refractivity contribution in [2.24, 2.45) is 0 Å². The molecule has 0 bridgehead atoms. The number of aryl methyl sites for hydroxylation is 1. The number of nitrogens with zero attached hydrogens (tertiary/aromatic N) is 4. The largest absolute Gasteiger partial charge is 0.387 e. The van der Waals surface area contributed by atoms with Gasteiger partial charge in [0.2, 0.25) is 0 Å². The van der Waals surface area contributed by atoms with Crippen molar-refractivity contribution in [1.29, 1.82) is 0 Å². The van der Waals surface area contributed by atoms with Gasteiger partial charge in [-0.25, -0.2) is 15.0 Å². The Bertz CT molecular complexity index is 1360. The van der Waals surface area contributed by atoms with Crippen LogP contribution in [0.15, 0.2) is 60.9 Å². The van der Waals surface area contributed by atoms with Crippen LogP contribution in [-0.2, 0) is 16.1 Å². The summed E-state index contributed by atoms with van der Waals surface area (Å²) in [6.07, 6.45) is -3.55. The van der Waals surface area contributed by atoms with Gasteiger partial charge < -0.3 is 25.6 Å². The molecule has 0 aliphatic carbocycles. The minimum absolute atomic E-state index is 0.404. The van der Waals surface area contributed by atoms with E-state index in [0.717, 1.165) is 16.7 Å². The quantitative estimate of drug-likeness (QED) is 0.332. The number of hydrogen-bond acceptors (Lipinski definition) is 8. The average molecular weight is 475 g/mol. The first-order valence-electron chi connectivity index (χ1n) is 11.3. The molecule has 2 aromatic carbocycles. The zero-order chi connectivity index (χ0) is 24.5. The first-order chi connectivity index (χ1) is 17.0. The number of amides is 1. The lowest BCUT2D eigenvalue weighted by atomic mass is 10.1. The third-order valence-electron chi connectivity index (χ3n) is 6.02. The van der Waals surface area contributed by atoms with Gasteiger partial charge in [-0.1, -0.05) is 54.1 Å². The van der Waals surface area contributed by atoms with Crippen LogP contribution in [0.1, 0.15) is 17.4 Å². The van der Waals surface area contributed by atoms with Crippen molar-refractivity contribution in [3.8, 4) is 11.4 Å². The minimum atomic E-state index is -1.40. The van der Waals surface area contributed by atoms with E-state index in [1.165, 1.54) is 17.9 Å². The van der Waals surface area contributed by atoms with Gasteiger partial charge in [-0.3, -0.25) is 9.36 Å². The average Bonchev–Trinajstić information content (AvgIpc) is 3.43. The summed E-state index contributed by atoms with van der Waals surface area (Å²) in [7, 11) is 1.44. The zero-order valence-corrected chi connectivity index (χ0v) is 19.3. The number of carbonyl (C=O) groups excluding carboxylic acids is 1. The van der Waals surface area contributed by atoms with E-state index < -0.39 is 30.4 Å². The summed E-state index contributed by atoms with van der Waals surface area (Å²) in [6, 6.07) is 17.7. The lowest BCUT2D eigenvalue weighted by Gasteiger charge is -2.17. The molecule has 1 aliphatic rings. The Hall–Kier alpha value is -3.86. The number of likely N-dealkylation sites (N-methyl/N-ethyl adjacent to an activating group) is 1. The highest BCUT2D eigenvalue weighted by Crippen LogP contribution is 2.33. The number of hydrogen-bond donors (Lipinski definition) is 4. The predicted molar refractivity (Wildman–Crippen MR) is 129 cm³/mol. The molecule has 2 aromatic heterocycles. The van der Waals surface area contributed by atoms with Crippen molar-refractivity contribution in [3.05, 3.63) is 72.1 Å². The zero-order valence-electron chi connectivity index (χ0n) is 19.3. The highest BCUT2D eigenvalue weighted by atomic mass is 16.6. The summed E-state index contributed by atoms with van der Waals surface area (Å²) in [6.45, 7) is 2.51. The molecule has 1 saturated heterocycles. The summed E-state index contributed by atoms with van der Waals surface area (Å²) in [5, 5.41) is 26.9. The molecule has 4 atom stereocenters. The molecule has 10 nitrogen and oxygen atoms in total. The number of aromatic nitrogens is 4. The number of aliphatic hydroxyl groups excluding tert-OH is 2. The van der Waals surface area contributed by atoms with Gasteiger partial charge in [-0.05, 0) is 18.6 Å². The third-order valence-corrected chi connectivity index (χ3v) is 6.02. The number of nitrogens with one attached hydrogen (secondary N) is 2. The maximum atomic E-state index is 12.1. The second kappa shape index (κ2) is 9.41. The van der Waals surface area contributed by atoms with Crippen LogP contribution in [0.25, 0.3) is 22.6 Å². The molecule has 5 rings (SSSR count). The van der Waals surface area contributed by atoms with E-state index in [9.17, 15) is 15.0 Å². The highest BCUT2D eigenvalue weighted by Gasteiger charge is 2.47.